The van der Waals surface area contributed by atoms with Crippen molar-refractivity contribution in [2.75, 3.05) is 19.0 Å². The number of anilines is 1. The molecule has 1 aliphatic heterocycles. The van der Waals surface area contributed by atoms with Crippen molar-refractivity contribution in [1.29, 1.82) is 0 Å². The van der Waals surface area contributed by atoms with E-state index in [9.17, 15) is 9.90 Å². The zero-order valence-corrected chi connectivity index (χ0v) is 13.3. The van der Waals surface area contributed by atoms with Gasteiger partial charge in [0, 0.05) is 5.56 Å². The first-order valence-electron chi connectivity index (χ1n) is 7.45. The second-order valence-corrected chi connectivity index (χ2v) is 5.13. The number of nitrogens with one attached hydrogen (secondary N) is 1. The molecule has 24 heavy (non-hydrogen) atoms. The molecule has 2 N–H and O–H groups in total. The Morgan fingerprint density at radius 2 is 2.29 bits per heavy atom. The van der Waals surface area contributed by atoms with Crippen molar-refractivity contribution in [2.45, 2.75) is 19.4 Å². The van der Waals surface area contributed by atoms with Gasteiger partial charge in [-0.15, -0.1) is 0 Å². The van der Waals surface area contributed by atoms with Gasteiger partial charge in [-0.2, -0.15) is 4.68 Å². The number of carbonyl (C=O) groups is 1. The number of aliphatic carboxylic acids is 1. The molecule has 0 aliphatic carbocycles. The van der Waals surface area contributed by atoms with Crippen LogP contribution in [0.25, 0.3) is 0 Å². The normalized spacial score (nSPS) is 15.9. The van der Waals surface area contributed by atoms with Gasteiger partial charge in [-0.25, -0.2) is 4.79 Å². The summed E-state index contributed by atoms with van der Waals surface area (Å²) in [6.07, 6.45) is 2.37. The molecule has 0 amide bonds. The van der Waals surface area contributed by atoms with Gasteiger partial charge in [0.25, 0.3) is 0 Å². The van der Waals surface area contributed by atoms with Crippen LogP contribution in [0.1, 0.15) is 24.9 Å². The van der Waals surface area contributed by atoms with E-state index in [1.807, 2.05) is 19.1 Å². The van der Waals surface area contributed by atoms with Gasteiger partial charge in [-0.3, -0.25) is 0 Å². The summed E-state index contributed by atoms with van der Waals surface area (Å²) >= 11 is 0. The first-order valence-corrected chi connectivity index (χ1v) is 7.45. The highest BCUT2D eigenvalue weighted by Crippen LogP contribution is 2.39. The number of methoxy groups -OCH3 is 1. The third-order valence-electron chi connectivity index (χ3n) is 3.56. The summed E-state index contributed by atoms with van der Waals surface area (Å²) in [5.74, 6) is 0.285. The Kier molecular flexibility index (Phi) is 4.32. The maximum absolute atomic E-state index is 11.4. The number of ether oxygens (including phenoxy) is 2. The van der Waals surface area contributed by atoms with E-state index in [-0.39, 0.29) is 11.6 Å². The number of tetrazole rings is 1. The van der Waals surface area contributed by atoms with Crippen molar-refractivity contribution in [3.8, 4) is 11.5 Å². The number of allylic oxidation sites excluding steroid dienone is 1. The second kappa shape index (κ2) is 6.57. The number of nitrogens with zero attached hydrogens (tertiary/aromatic N) is 4. The first kappa shape index (κ1) is 15.8. The molecule has 1 aliphatic rings. The largest absolute Gasteiger partial charge is 0.493 e. The predicted molar refractivity (Wildman–Crippen MR) is 84.1 cm³/mol. The van der Waals surface area contributed by atoms with E-state index >= 15 is 0 Å². The van der Waals surface area contributed by atoms with Gasteiger partial charge >= 0.3 is 5.97 Å². The average Bonchev–Trinajstić information content (AvgIpc) is 3.07. The zero-order valence-electron chi connectivity index (χ0n) is 13.3. The van der Waals surface area contributed by atoms with Gasteiger partial charge in [0.2, 0.25) is 5.95 Å². The molecule has 126 valence electrons. The first-order chi connectivity index (χ1) is 11.7. The summed E-state index contributed by atoms with van der Waals surface area (Å²) in [6, 6.07) is 4.92. The molecule has 0 fully saturated rings. The quantitative estimate of drug-likeness (QED) is 0.818. The minimum absolute atomic E-state index is 0.00608. The van der Waals surface area contributed by atoms with Crippen LogP contribution in [-0.4, -0.2) is 45.0 Å². The van der Waals surface area contributed by atoms with Gasteiger partial charge in [0.05, 0.1) is 13.7 Å². The van der Waals surface area contributed by atoms with E-state index in [1.165, 1.54) is 4.68 Å². The average molecular weight is 331 g/mol. The lowest BCUT2D eigenvalue weighted by molar-refractivity contribution is -0.132. The van der Waals surface area contributed by atoms with Crippen molar-refractivity contribution in [3.05, 3.63) is 35.5 Å². The zero-order chi connectivity index (χ0) is 17.1. The molecule has 2 aromatic rings. The molecule has 9 heteroatoms. The van der Waals surface area contributed by atoms with Crippen LogP contribution in [0.15, 0.2) is 30.0 Å². The molecule has 2 heterocycles. The Hall–Kier alpha value is -3.10. The molecule has 1 aromatic heterocycles. The summed E-state index contributed by atoms with van der Waals surface area (Å²) < 4.78 is 12.7. The van der Waals surface area contributed by atoms with Crippen LogP contribution in [0.3, 0.4) is 0 Å². The van der Waals surface area contributed by atoms with Crippen molar-refractivity contribution in [1.82, 2.24) is 20.2 Å². The summed E-state index contributed by atoms with van der Waals surface area (Å²) in [5, 5.41) is 23.4. The van der Waals surface area contributed by atoms with Gasteiger partial charge in [-0.1, -0.05) is 24.2 Å². The molecule has 1 aromatic carbocycles. The fourth-order valence-corrected chi connectivity index (χ4v) is 2.49. The topological polar surface area (TPSA) is 111 Å². The Bertz CT molecular complexity index is 786. The summed E-state index contributed by atoms with van der Waals surface area (Å²) in [7, 11) is 1.56. The number of fused-ring (bicyclic) bond motifs is 1. The lowest BCUT2D eigenvalue weighted by atomic mass is 10.0. The second-order valence-electron chi connectivity index (χ2n) is 5.13. The number of carboxylic acids is 1. The Labute approximate surface area is 137 Å². The van der Waals surface area contributed by atoms with Crippen LogP contribution in [0.5, 0.6) is 11.5 Å². The van der Waals surface area contributed by atoms with E-state index in [0.717, 1.165) is 12.0 Å². The number of para-hydroxylation sites is 1. The summed E-state index contributed by atoms with van der Waals surface area (Å²) in [4.78, 5) is 11.4. The third kappa shape index (κ3) is 2.75. The molecule has 0 saturated carbocycles. The molecular weight excluding hydrogens is 314 g/mol. The standard InChI is InChI=1S/C15H17N5O4/c1-3-7-24-13-9(5-4-6-12(13)23-2)11-8-10(14(21)22)16-15-17-18-19-20(11)15/h4-6,8,11H,3,7H2,1-2H3,(H,21,22)(H,16,17,19)/t11-/m0/s1. The smallest absolute Gasteiger partial charge is 0.352 e. The van der Waals surface area contributed by atoms with E-state index in [1.54, 1.807) is 19.3 Å². The maximum atomic E-state index is 11.4. The highest BCUT2D eigenvalue weighted by molar-refractivity contribution is 5.90. The van der Waals surface area contributed by atoms with Gasteiger partial charge in [0.15, 0.2) is 11.5 Å². The van der Waals surface area contributed by atoms with E-state index < -0.39 is 12.0 Å². The van der Waals surface area contributed by atoms with Gasteiger partial charge in [0.1, 0.15) is 11.7 Å². The van der Waals surface area contributed by atoms with Gasteiger partial charge < -0.3 is 19.9 Å². The molecule has 1 atom stereocenters. The fourth-order valence-electron chi connectivity index (χ4n) is 2.49. The van der Waals surface area contributed by atoms with Crippen LogP contribution in [-0.2, 0) is 4.79 Å². The van der Waals surface area contributed by atoms with Crippen molar-refractivity contribution < 1.29 is 19.4 Å². The SMILES string of the molecule is CCCOc1c(OC)cccc1[C@@H]1C=C(C(=O)O)Nc2nnnn21. The van der Waals surface area contributed by atoms with Crippen LogP contribution >= 0.6 is 0 Å². The van der Waals surface area contributed by atoms with Crippen molar-refractivity contribution >= 4 is 11.9 Å². The number of carboxylic acid groups (broad SMARTS) is 1. The van der Waals surface area contributed by atoms with E-state index in [2.05, 4.69) is 20.8 Å². The number of hydrogen-bond acceptors (Lipinski definition) is 7. The number of benzene rings is 1. The highest BCUT2D eigenvalue weighted by Gasteiger charge is 2.29. The maximum Gasteiger partial charge on any atom is 0.352 e. The molecule has 9 nitrogen and oxygen atoms in total. The molecule has 0 spiro atoms. The van der Waals surface area contributed by atoms with Crippen LogP contribution in [0, 0.1) is 0 Å². The molecule has 0 bridgehead atoms. The van der Waals surface area contributed by atoms with Crippen LogP contribution < -0.4 is 14.8 Å². The number of aromatic nitrogens is 4. The fraction of sp³-hybridized carbons (Fsp3) is 0.333. The third-order valence-corrected chi connectivity index (χ3v) is 3.56. The van der Waals surface area contributed by atoms with E-state index in [0.29, 0.717) is 18.1 Å². The Morgan fingerprint density at radius 3 is 3.00 bits per heavy atom. The lowest BCUT2D eigenvalue weighted by Crippen LogP contribution is -2.24. The number of hydrogen-bond donors (Lipinski definition) is 2. The lowest BCUT2D eigenvalue weighted by Gasteiger charge is -2.24. The molecule has 0 radical (unpaired) electrons. The molecule has 0 unspecified atom stereocenters. The Balaban J connectivity index is 2.12. The summed E-state index contributed by atoms with van der Waals surface area (Å²) in [5.41, 5.74) is 0.725. The van der Waals surface area contributed by atoms with Gasteiger partial charge in [-0.05, 0) is 29.0 Å². The molecule has 0 saturated heterocycles. The minimum Gasteiger partial charge on any atom is -0.493 e. The highest BCUT2D eigenvalue weighted by atomic mass is 16.5. The monoisotopic (exact) mass is 331 g/mol. The molecule has 3 rings (SSSR count). The Morgan fingerprint density at radius 1 is 1.46 bits per heavy atom. The van der Waals surface area contributed by atoms with Crippen LogP contribution in [0.4, 0.5) is 5.95 Å². The van der Waals surface area contributed by atoms with E-state index in [4.69, 9.17) is 9.47 Å². The minimum atomic E-state index is -1.09. The predicted octanol–water partition coefficient (Wildman–Crippen LogP) is 1.45. The van der Waals surface area contributed by atoms with Crippen molar-refractivity contribution in [3.63, 3.8) is 0 Å². The summed E-state index contributed by atoms with van der Waals surface area (Å²) in [6.45, 7) is 2.51. The van der Waals surface area contributed by atoms with Crippen molar-refractivity contribution in [2.24, 2.45) is 0 Å². The number of rotatable bonds is 6. The van der Waals surface area contributed by atoms with Crippen LogP contribution in [0.2, 0.25) is 0 Å². The molecular formula is C15H17N5O4.